The maximum atomic E-state index is 13.4. The first-order valence-corrected chi connectivity index (χ1v) is 8.04. The molecule has 0 spiro atoms. The Morgan fingerprint density at radius 3 is 2.43 bits per heavy atom. The van der Waals surface area contributed by atoms with Gasteiger partial charge in [-0.3, -0.25) is 9.59 Å². The lowest BCUT2D eigenvalue weighted by Crippen LogP contribution is -2.28. The van der Waals surface area contributed by atoms with Crippen LogP contribution in [0.2, 0.25) is 0 Å². The van der Waals surface area contributed by atoms with Crippen molar-refractivity contribution < 1.29 is 18.4 Å². The zero-order valence-electron chi connectivity index (χ0n) is 13.5. The second-order valence-electron chi connectivity index (χ2n) is 5.39. The minimum absolute atomic E-state index is 0.0521. The molecule has 1 rings (SSSR count). The van der Waals surface area contributed by atoms with Crippen LogP contribution in [0.1, 0.15) is 55.8 Å². The first-order chi connectivity index (χ1) is 11.0. The van der Waals surface area contributed by atoms with Crippen molar-refractivity contribution in [3.63, 3.8) is 0 Å². The van der Waals surface area contributed by atoms with Crippen LogP contribution in [-0.4, -0.2) is 24.9 Å². The average molecular weight is 326 g/mol. The summed E-state index contributed by atoms with van der Waals surface area (Å²) >= 11 is 0. The van der Waals surface area contributed by atoms with Crippen molar-refractivity contribution in [3.8, 4) is 0 Å². The van der Waals surface area contributed by atoms with E-state index in [0.717, 1.165) is 31.4 Å². The van der Waals surface area contributed by atoms with Gasteiger partial charge in [0.25, 0.3) is 5.91 Å². The van der Waals surface area contributed by atoms with Gasteiger partial charge < -0.3 is 10.6 Å². The summed E-state index contributed by atoms with van der Waals surface area (Å²) < 4.78 is 26.2. The summed E-state index contributed by atoms with van der Waals surface area (Å²) in [5.41, 5.74) is -0.202. The van der Waals surface area contributed by atoms with Crippen LogP contribution in [0.5, 0.6) is 0 Å². The maximum Gasteiger partial charge on any atom is 0.254 e. The van der Waals surface area contributed by atoms with Gasteiger partial charge >= 0.3 is 0 Å². The maximum absolute atomic E-state index is 13.4. The van der Waals surface area contributed by atoms with Crippen LogP contribution in [0.25, 0.3) is 0 Å². The molecule has 1 aromatic carbocycles. The second kappa shape index (κ2) is 10.7. The Balaban J connectivity index is 2.16. The van der Waals surface area contributed by atoms with Gasteiger partial charge in [-0.05, 0) is 25.0 Å². The Morgan fingerprint density at radius 1 is 1.00 bits per heavy atom. The zero-order valence-corrected chi connectivity index (χ0v) is 13.5. The third-order valence-corrected chi connectivity index (χ3v) is 3.39. The largest absolute Gasteiger partial charge is 0.356 e. The summed E-state index contributed by atoms with van der Waals surface area (Å²) in [5.74, 6) is -2.28. The van der Waals surface area contributed by atoms with Crippen LogP contribution in [0.3, 0.4) is 0 Å². The summed E-state index contributed by atoms with van der Waals surface area (Å²) in [6.45, 7) is 3.07. The molecule has 1 aromatic rings. The monoisotopic (exact) mass is 326 g/mol. The molecule has 23 heavy (non-hydrogen) atoms. The van der Waals surface area contributed by atoms with Gasteiger partial charge in [0.05, 0.1) is 5.56 Å². The molecule has 128 valence electrons. The van der Waals surface area contributed by atoms with Crippen LogP contribution in [0.15, 0.2) is 18.2 Å². The fourth-order valence-corrected chi connectivity index (χ4v) is 2.09. The number of halogens is 2. The van der Waals surface area contributed by atoms with Gasteiger partial charge in [-0.1, -0.05) is 26.2 Å². The number of carbonyl (C=O) groups is 2. The molecule has 0 heterocycles. The van der Waals surface area contributed by atoms with Crippen molar-refractivity contribution in [1.82, 2.24) is 10.6 Å². The molecule has 0 fully saturated rings. The van der Waals surface area contributed by atoms with Crippen molar-refractivity contribution in [2.24, 2.45) is 0 Å². The smallest absolute Gasteiger partial charge is 0.254 e. The quantitative estimate of drug-likeness (QED) is 0.649. The van der Waals surface area contributed by atoms with Gasteiger partial charge in [0.15, 0.2) is 0 Å². The van der Waals surface area contributed by atoms with E-state index in [2.05, 4.69) is 17.6 Å². The molecule has 0 unspecified atom stereocenters. The highest BCUT2D eigenvalue weighted by atomic mass is 19.1. The van der Waals surface area contributed by atoms with Gasteiger partial charge in [-0.15, -0.1) is 0 Å². The molecule has 2 N–H and O–H groups in total. The van der Waals surface area contributed by atoms with Gasteiger partial charge in [0.1, 0.15) is 11.6 Å². The number of benzene rings is 1. The molecular weight excluding hydrogens is 302 g/mol. The number of amides is 2. The highest BCUT2D eigenvalue weighted by molar-refractivity contribution is 5.94. The van der Waals surface area contributed by atoms with Crippen LogP contribution in [-0.2, 0) is 4.79 Å². The van der Waals surface area contributed by atoms with E-state index in [1.165, 1.54) is 6.42 Å². The minimum Gasteiger partial charge on any atom is -0.356 e. The van der Waals surface area contributed by atoms with Crippen molar-refractivity contribution >= 4 is 11.8 Å². The molecule has 0 aliphatic heterocycles. The second-order valence-corrected chi connectivity index (χ2v) is 5.39. The number of nitrogens with one attached hydrogen (secondary N) is 2. The molecule has 0 aliphatic rings. The molecule has 0 aliphatic carbocycles. The molecule has 0 saturated heterocycles. The molecule has 0 aromatic heterocycles. The Bertz CT molecular complexity index is 521. The van der Waals surface area contributed by atoms with E-state index in [0.29, 0.717) is 25.5 Å². The Morgan fingerprint density at radius 2 is 1.74 bits per heavy atom. The number of unbranched alkanes of at least 4 members (excludes halogenated alkanes) is 3. The molecule has 0 saturated carbocycles. The third kappa shape index (κ3) is 7.72. The summed E-state index contributed by atoms with van der Waals surface area (Å²) in [6, 6.07) is 2.80. The van der Waals surface area contributed by atoms with Crippen molar-refractivity contribution in [3.05, 3.63) is 35.4 Å². The molecule has 0 bridgehead atoms. The topological polar surface area (TPSA) is 58.2 Å². The Labute approximate surface area is 135 Å². The molecule has 2 amide bonds. The molecule has 0 atom stereocenters. The summed E-state index contributed by atoms with van der Waals surface area (Å²) in [7, 11) is 0. The van der Waals surface area contributed by atoms with Crippen LogP contribution in [0.4, 0.5) is 8.78 Å². The number of rotatable bonds is 10. The van der Waals surface area contributed by atoms with E-state index >= 15 is 0 Å². The number of hydrogen-bond donors (Lipinski definition) is 2. The normalized spacial score (nSPS) is 10.4. The Hall–Kier alpha value is -1.98. The predicted molar refractivity (Wildman–Crippen MR) is 85.1 cm³/mol. The zero-order chi connectivity index (χ0) is 17.1. The summed E-state index contributed by atoms with van der Waals surface area (Å²) in [5, 5.41) is 5.34. The first kappa shape index (κ1) is 19.1. The van der Waals surface area contributed by atoms with Gasteiger partial charge in [-0.2, -0.15) is 0 Å². The van der Waals surface area contributed by atoms with E-state index < -0.39 is 17.5 Å². The summed E-state index contributed by atoms with van der Waals surface area (Å²) in [4.78, 5) is 23.3. The fourth-order valence-electron chi connectivity index (χ4n) is 2.09. The van der Waals surface area contributed by atoms with E-state index in [4.69, 9.17) is 0 Å². The standard InChI is InChI=1S/C17H24F2N2O2/c1-2-3-4-5-10-20-16(22)7-6-11-21-17(23)14-9-8-13(18)12-15(14)19/h8-9,12H,2-7,10-11H2,1H3,(H,20,22)(H,21,23). The fraction of sp³-hybridized carbons (Fsp3) is 0.529. The summed E-state index contributed by atoms with van der Waals surface area (Å²) in [6.07, 6.45) is 5.18. The lowest BCUT2D eigenvalue weighted by Gasteiger charge is -2.07. The minimum atomic E-state index is -0.896. The van der Waals surface area contributed by atoms with Crippen LogP contribution >= 0.6 is 0 Å². The van der Waals surface area contributed by atoms with Gasteiger partial charge in [0, 0.05) is 25.6 Å². The van der Waals surface area contributed by atoms with Crippen LogP contribution in [0, 0.1) is 11.6 Å². The van der Waals surface area contributed by atoms with Crippen molar-refractivity contribution in [2.45, 2.75) is 45.4 Å². The van der Waals surface area contributed by atoms with Crippen molar-refractivity contribution in [1.29, 1.82) is 0 Å². The molecule has 0 radical (unpaired) electrons. The SMILES string of the molecule is CCCCCCNC(=O)CCCNC(=O)c1ccc(F)cc1F. The van der Waals surface area contributed by atoms with Gasteiger partial charge in [0.2, 0.25) is 5.91 Å². The van der Waals surface area contributed by atoms with E-state index in [9.17, 15) is 18.4 Å². The molecular formula is C17H24F2N2O2. The van der Waals surface area contributed by atoms with E-state index in [1.54, 1.807) is 0 Å². The Kier molecular flexibility index (Phi) is 8.87. The van der Waals surface area contributed by atoms with Gasteiger partial charge in [-0.25, -0.2) is 8.78 Å². The number of carbonyl (C=O) groups excluding carboxylic acids is 2. The molecule has 6 heteroatoms. The highest BCUT2D eigenvalue weighted by Gasteiger charge is 2.11. The predicted octanol–water partition coefficient (Wildman–Crippen LogP) is 3.17. The van der Waals surface area contributed by atoms with Crippen molar-refractivity contribution in [2.75, 3.05) is 13.1 Å². The van der Waals surface area contributed by atoms with Crippen LogP contribution < -0.4 is 10.6 Å². The lowest BCUT2D eigenvalue weighted by molar-refractivity contribution is -0.121. The first-order valence-electron chi connectivity index (χ1n) is 8.04. The van der Waals surface area contributed by atoms with E-state index in [1.807, 2.05) is 0 Å². The lowest BCUT2D eigenvalue weighted by atomic mass is 10.2. The van der Waals surface area contributed by atoms with E-state index in [-0.39, 0.29) is 18.0 Å². The highest BCUT2D eigenvalue weighted by Crippen LogP contribution is 2.09. The number of hydrogen-bond acceptors (Lipinski definition) is 2. The average Bonchev–Trinajstić information content (AvgIpc) is 2.51. The third-order valence-electron chi connectivity index (χ3n) is 3.39. The molecule has 4 nitrogen and oxygen atoms in total.